The highest BCUT2D eigenvalue weighted by atomic mass is 35.5. The molecule has 0 aromatic heterocycles. The number of thioether (sulfide) groups is 1. The van der Waals surface area contributed by atoms with Gasteiger partial charge in [0, 0.05) is 31.2 Å². The molecule has 3 rings (SSSR count). The number of ether oxygens (including phenoxy) is 1. The standard InChI is InChI=1S/C18H20ClN3O4S/c19-14-4-2-1-3-13(14)11-15-17(24)22(18(25)27-15)6-5-20-16(23)12-21-7-9-26-10-8-21/h1-4,11H,5-10,12H2,(H,20,23). The van der Waals surface area contributed by atoms with Gasteiger partial charge in [0.15, 0.2) is 0 Å². The second kappa shape index (κ2) is 9.36. The minimum absolute atomic E-state index is 0.129. The molecule has 2 fully saturated rings. The van der Waals surface area contributed by atoms with Crippen molar-refractivity contribution in [3.63, 3.8) is 0 Å². The predicted molar refractivity (Wildman–Crippen MR) is 104 cm³/mol. The Hall–Kier alpha value is -1.87. The molecule has 9 heteroatoms. The van der Waals surface area contributed by atoms with Crippen molar-refractivity contribution in [1.29, 1.82) is 0 Å². The zero-order valence-corrected chi connectivity index (χ0v) is 16.2. The topological polar surface area (TPSA) is 79.0 Å². The second-order valence-electron chi connectivity index (χ2n) is 6.09. The summed E-state index contributed by atoms with van der Waals surface area (Å²) in [7, 11) is 0. The summed E-state index contributed by atoms with van der Waals surface area (Å²) in [6.45, 7) is 3.36. The summed E-state index contributed by atoms with van der Waals surface area (Å²) in [6, 6.07) is 7.11. The number of amides is 3. The van der Waals surface area contributed by atoms with Crippen LogP contribution >= 0.6 is 23.4 Å². The van der Waals surface area contributed by atoms with Gasteiger partial charge in [-0.2, -0.15) is 0 Å². The van der Waals surface area contributed by atoms with Crippen LogP contribution in [-0.2, 0) is 14.3 Å². The van der Waals surface area contributed by atoms with Crippen LogP contribution in [0.5, 0.6) is 0 Å². The first-order valence-electron chi connectivity index (χ1n) is 8.61. The van der Waals surface area contributed by atoms with E-state index in [1.807, 2.05) is 11.0 Å². The molecule has 27 heavy (non-hydrogen) atoms. The number of hydrogen-bond acceptors (Lipinski definition) is 6. The number of nitrogens with one attached hydrogen (secondary N) is 1. The molecule has 2 heterocycles. The number of imide groups is 1. The molecule has 3 amide bonds. The number of carbonyl (C=O) groups is 3. The first-order chi connectivity index (χ1) is 13.0. The number of benzene rings is 1. The fraction of sp³-hybridized carbons (Fsp3) is 0.389. The van der Waals surface area contributed by atoms with Gasteiger partial charge in [-0.05, 0) is 29.5 Å². The van der Waals surface area contributed by atoms with Gasteiger partial charge in [0.1, 0.15) is 0 Å². The first-order valence-corrected chi connectivity index (χ1v) is 9.81. The highest BCUT2D eigenvalue weighted by Gasteiger charge is 2.34. The molecule has 0 aliphatic carbocycles. The number of halogens is 1. The average molecular weight is 410 g/mol. The number of nitrogens with zero attached hydrogens (tertiary/aromatic N) is 2. The van der Waals surface area contributed by atoms with Crippen LogP contribution in [0.25, 0.3) is 6.08 Å². The summed E-state index contributed by atoms with van der Waals surface area (Å²) >= 11 is 6.98. The third-order valence-electron chi connectivity index (χ3n) is 4.19. The van der Waals surface area contributed by atoms with Crippen molar-refractivity contribution >= 4 is 46.5 Å². The largest absolute Gasteiger partial charge is 0.379 e. The molecule has 1 N–H and O–H groups in total. The number of morpholine rings is 1. The highest BCUT2D eigenvalue weighted by Crippen LogP contribution is 2.33. The number of carbonyl (C=O) groups excluding carboxylic acids is 3. The van der Waals surface area contributed by atoms with Crippen molar-refractivity contribution in [2.45, 2.75) is 0 Å². The van der Waals surface area contributed by atoms with Gasteiger partial charge in [-0.25, -0.2) is 0 Å². The van der Waals surface area contributed by atoms with E-state index >= 15 is 0 Å². The first kappa shape index (κ1) is 19.9. The van der Waals surface area contributed by atoms with E-state index in [4.69, 9.17) is 16.3 Å². The van der Waals surface area contributed by atoms with Crippen LogP contribution in [0.1, 0.15) is 5.56 Å². The van der Waals surface area contributed by atoms with Gasteiger partial charge in [0.05, 0.1) is 24.7 Å². The molecular weight excluding hydrogens is 390 g/mol. The molecule has 0 spiro atoms. The van der Waals surface area contributed by atoms with Crippen LogP contribution in [0.3, 0.4) is 0 Å². The van der Waals surface area contributed by atoms with E-state index in [-0.39, 0.29) is 36.7 Å². The third kappa shape index (κ3) is 5.32. The Morgan fingerprint density at radius 3 is 2.74 bits per heavy atom. The molecule has 0 unspecified atom stereocenters. The van der Waals surface area contributed by atoms with E-state index in [9.17, 15) is 14.4 Å². The summed E-state index contributed by atoms with van der Waals surface area (Å²) in [6.07, 6.45) is 1.62. The fourth-order valence-corrected chi connectivity index (χ4v) is 3.80. The zero-order valence-electron chi connectivity index (χ0n) is 14.7. The minimum Gasteiger partial charge on any atom is -0.379 e. The van der Waals surface area contributed by atoms with Crippen molar-refractivity contribution in [3.05, 3.63) is 39.8 Å². The summed E-state index contributed by atoms with van der Waals surface area (Å²) in [4.78, 5) is 40.0. The molecule has 2 saturated heterocycles. The molecule has 2 aliphatic rings. The Labute approximate surface area is 166 Å². The quantitative estimate of drug-likeness (QED) is 0.722. The molecule has 1 aromatic carbocycles. The van der Waals surface area contributed by atoms with Crippen LogP contribution < -0.4 is 5.32 Å². The zero-order chi connectivity index (χ0) is 19.2. The van der Waals surface area contributed by atoms with E-state index in [0.717, 1.165) is 29.8 Å². The lowest BCUT2D eigenvalue weighted by atomic mass is 10.2. The SMILES string of the molecule is O=C(CN1CCOCC1)NCCN1C(=O)SC(=Cc2ccccc2Cl)C1=O. The minimum atomic E-state index is -0.368. The Morgan fingerprint density at radius 2 is 2.00 bits per heavy atom. The normalized spacial score (nSPS) is 19.7. The second-order valence-corrected chi connectivity index (χ2v) is 7.49. The van der Waals surface area contributed by atoms with Gasteiger partial charge in [0.25, 0.3) is 11.1 Å². The number of hydrogen-bond donors (Lipinski definition) is 1. The maximum atomic E-state index is 12.5. The van der Waals surface area contributed by atoms with Gasteiger partial charge in [0.2, 0.25) is 5.91 Å². The average Bonchev–Trinajstić information content (AvgIpc) is 2.92. The molecule has 0 radical (unpaired) electrons. The van der Waals surface area contributed by atoms with Gasteiger partial charge >= 0.3 is 0 Å². The lowest BCUT2D eigenvalue weighted by Crippen LogP contribution is -2.45. The maximum Gasteiger partial charge on any atom is 0.293 e. The van der Waals surface area contributed by atoms with E-state index in [2.05, 4.69) is 5.32 Å². The van der Waals surface area contributed by atoms with Crippen LogP contribution in [0, 0.1) is 0 Å². The Balaban J connectivity index is 1.50. The van der Waals surface area contributed by atoms with Crippen LogP contribution in [0.15, 0.2) is 29.2 Å². The maximum absolute atomic E-state index is 12.5. The van der Waals surface area contributed by atoms with Crippen LogP contribution in [0.2, 0.25) is 5.02 Å². The van der Waals surface area contributed by atoms with E-state index in [1.54, 1.807) is 24.3 Å². The van der Waals surface area contributed by atoms with Crippen molar-refractivity contribution in [2.24, 2.45) is 0 Å². The summed E-state index contributed by atoms with van der Waals surface area (Å²) in [5.41, 5.74) is 0.684. The Morgan fingerprint density at radius 1 is 1.26 bits per heavy atom. The predicted octanol–water partition coefficient (Wildman–Crippen LogP) is 1.82. The van der Waals surface area contributed by atoms with E-state index < -0.39 is 0 Å². The lowest BCUT2D eigenvalue weighted by molar-refractivity contribution is -0.125. The third-order valence-corrected chi connectivity index (χ3v) is 5.45. The van der Waals surface area contributed by atoms with Crippen molar-refractivity contribution < 1.29 is 19.1 Å². The van der Waals surface area contributed by atoms with Crippen LogP contribution in [-0.4, -0.2) is 72.8 Å². The van der Waals surface area contributed by atoms with Crippen LogP contribution in [0.4, 0.5) is 4.79 Å². The summed E-state index contributed by atoms with van der Waals surface area (Å²) in [5, 5.41) is 2.92. The Bertz CT molecular complexity index is 765. The molecule has 7 nitrogen and oxygen atoms in total. The van der Waals surface area contributed by atoms with Crippen molar-refractivity contribution in [2.75, 3.05) is 45.9 Å². The van der Waals surface area contributed by atoms with Crippen molar-refractivity contribution in [1.82, 2.24) is 15.1 Å². The summed E-state index contributed by atoms with van der Waals surface area (Å²) in [5.74, 6) is -0.497. The highest BCUT2D eigenvalue weighted by molar-refractivity contribution is 8.18. The fourth-order valence-electron chi connectivity index (χ4n) is 2.75. The van der Waals surface area contributed by atoms with Gasteiger partial charge in [-0.3, -0.25) is 24.2 Å². The monoisotopic (exact) mass is 409 g/mol. The smallest absolute Gasteiger partial charge is 0.293 e. The molecule has 144 valence electrons. The molecule has 0 atom stereocenters. The molecule has 0 saturated carbocycles. The van der Waals surface area contributed by atoms with E-state index in [1.165, 1.54) is 0 Å². The summed E-state index contributed by atoms with van der Waals surface area (Å²) < 4.78 is 5.24. The van der Waals surface area contributed by atoms with E-state index in [0.29, 0.717) is 28.7 Å². The Kier molecular flexibility index (Phi) is 6.89. The molecular formula is C18H20ClN3O4S. The molecule has 0 bridgehead atoms. The lowest BCUT2D eigenvalue weighted by Gasteiger charge is -2.25. The number of rotatable bonds is 6. The van der Waals surface area contributed by atoms with Gasteiger partial charge < -0.3 is 10.1 Å². The van der Waals surface area contributed by atoms with Gasteiger partial charge in [-0.1, -0.05) is 29.8 Å². The molecule has 2 aliphatic heterocycles. The van der Waals surface area contributed by atoms with Crippen molar-refractivity contribution in [3.8, 4) is 0 Å². The molecule has 1 aromatic rings. The van der Waals surface area contributed by atoms with Gasteiger partial charge in [-0.15, -0.1) is 0 Å².